The molecule has 0 saturated heterocycles. The monoisotopic (exact) mass is 489 g/mol. The largest absolute Gasteiger partial charge is 0.492 e. The number of aromatic carboxylic acids is 1. The third-order valence-electron chi connectivity index (χ3n) is 5.75. The van der Waals surface area contributed by atoms with Crippen LogP contribution in [0.15, 0.2) is 41.3 Å². The first-order chi connectivity index (χ1) is 15.9. The number of nitrogens with zero attached hydrogens (tertiary/aromatic N) is 1. The Labute approximate surface area is 202 Å². The highest BCUT2D eigenvalue weighted by Crippen LogP contribution is 2.38. The Balaban J connectivity index is 2.40. The molecule has 2 atom stereocenters. The van der Waals surface area contributed by atoms with Gasteiger partial charge in [0.15, 0.2) is 0 Å². The zero-order valence-corrected chi connectivity index (χ0v) is 20.6. The Morgan fingerprint density at radius 2 is 1.94 bits per heavy atom. The van der Waals surface area contributed by atoms with Gasteiger partial charge in [0.1, 0.15) is 17.1 Å². The fourth-order valence-corrected chi connectivity index (χ4v) is 4.72. The number of pyridine rings is 1. The molecule has 6 nitrogen and oxygen atoms in total. The fourth-order valence-electron chi connectivity index (χ4n) is 4.53. The van der Waals surface area contributed by atoms with E-state index >= 15 is 0 Å². The van der Waals surface area contributed by atoms with E-state index in [2.05, 4.69) is 0 Å². The van der Waals surface area contributed by atoms with Crippen molar-refractivity contribution in [2.45, 2.75) is 53.2 Å². The van der Waals surface area contributed by atoms with Crippen molar-refractivity contribution in [3.8, 4) is 5.75 Å². The molecule has 0 saturated carbocycles. The van der Waals surface area contributed by atoms with Crippen LogP contribution in [0.3, 0.4) is 0 Å². The topological polar surface area (TPSA) is 88.8 Å². The summed E-state index contributed by atoms with van der Waals surface area (Å²) in [5, 5.41) is 20.5. The molecule has 182 valence electrons. The van der Waals surface area contributed by atoms with Crippen molar-refractivity contribution >= 4 is 28.5 Å². The van der Waals surface area contributed by atoms with Gasteiger partial charge < -0.3 is 19.5 Å². The van der Waals surface area contributed by atoms with Crippen molar-refractivity contribution in [1.82, 2.24) is 4.57 Å². The molecule has 2 unspecified atom stereocenters. The van der Waals surface area contributed by atoms with Crippen molar-refractivity contribution < 1.29 is 24.1 Å². The number of rotatable bonds is 7. The van der Waals surface area contributed by atoms with Gasteiger partial charge in [-0.25, -0.2) is 9.18 Å². The molecule has 3 aromatic rings. The number of hydrogen-bond acceptors (Lipinski definition) is 4. The minimum Gasteiger partial charge on any atom is -0.492 e. The van der Waals surface area contributed by atoms with Crippen LogP contribution in [0.4, 0.5) is 4.39 Å². The number of halogens is 2. The lowest BCUT2D eigenvalue weighted by atomic mass is 9.83. The van der Waals surface area contributed by atoms with Gasteiger partial charge >= 0.3 is 5.97 Å². The van der Waals surface area contributed by atoms with Crippen LogP contribution in [0.2, 0.25) is 5.02 Å². The van der Waals surface area contributed by atoms with Gasteiger partial charge in [0, 0.05) is 12.6 Å². The van der Waals surface area contributed by atoms with Gasteiger partial charge in [-0.3, -0.25) is 4.79 Å². The number of aromatic nitrogens is 1. The molecule has 2 N–H and O–H groups in total. The summed E-state index contributed by atoms with van der Waals surface area (Å²) in [7, 11) is 0. The summed E-state index contributed by atoms with van der Waals surface area (Å²) >= 11 is 5.92. The quantitative estimate of drug-likeness (QED) is 0.460. The zero-order valence-electron chi connectivity index (χ0n) is 19.9. The summed E-state index contributed by atoms with van der Waals surface area (Å²) in [5.74, 6) is -1.58. The van der Waals surface area contributed by atoms with Crippen LogP contribution in [0.25, 0.3) is 10.9 Å². The van der Waals surface area contributed by atoms with Crippen LogP contribution >= 0.6 is 11.6 Å². The van der Waals surface area contributed by atoms with Crippen molar-refractivity contribution in [2.75, 3.05) is 6.61 Å². The van der Waals surface area contributed by atoms with Crippen LogP contribution in [0.5, 0.6) is 5.75 Å². The van der Waals surface area contributed by atoms with E-state index in [0.29, 0.717) is 22.4 Å². The molecule has 0 aliphatic heterocycles. The molecule has 0 amide bonds. The molecule has 1 heterocycles. The molecular weight excluding hydrogens is 461 g/mol. The molecule has 1 aromatic heterocycles. The summed E-state index contributed by atoms with van der Waals surface area (Å²) in [4.78, 5) is 25.2. The number of ether oxygens (including phenoxy) is 1. The smallest absolute Gasteiger partial charge is 0.341 e. The molecule has 0 aliphatic carbocycles. The van der Waals surface area contributed by atoms with E-state index in [1.807, 2.05) is 20.8 Å². The molecular formula is C26H29ClFNO5. The number of fused-ring (bicyclic) bond motifs is 1. The molecule has 8 heteroatoms. The van der Waals surface area contributed by atoms with E-state index in [9.17, 15) is 24.2 Å². The number of carbonyl (C=O) groups is 1. The second kappa shape index (κ2) is 9.76. The minimum absolute atomic E-state index is 0.0104. The molecule has 0 spiro atoms. The van der Waals surface area contributed by atoms with Gasteiger partial charge in [-0.1, -0.05) is 44.5 Å². The first-order valence-electron chi connectivity index (χ1n) is 11.1. The van der Waals surface area contributed by atoms with E-state index < -0.39 is 40.3 Å². The molecule has 2 aromatic carbocycles. The lowest BCUT2D eigenvalue weighted by Gasteiger charge is -2.36. The Kier molecular flexibility index (Phi) is 7.38. The molecule has 0 bridgehead atoms. The Morgan fingerprint density at radius 3 is 2.50 bits per heavy atom. The number of benzene rings is 2. The van der Waals surface area contributed by atoms with Crippen molar-refractivity contribution in [2.24, 2.45) is 5.41 Å². The number of carboxylic acid groups (broad SMARTS) is 1. The standard InChI is InChI=1S/C26H29ClFNO5/c1-6-34-20-12-15(10-16-8-7-9-19(27)21(16)28)11-17-22(20)29(13-18(23(17)31)25(32)33)24(14(2)30)26(3,4)5/h7-9,11-14,24,30H,6,10H2,1-5H3,(H,32,33). The van der Waals surface area contributed by atoms with E-state index in [-0.39, 0.29) is 23.4 Å². The van der Waals surface area contributed by atoms with E-state index in [4.69, 9.17) is 16.3 Å². The average Bonchev–Trinajstić information content (AvgIpc) is 2.72. The SMILES string of the molecule is CCOc1cc(Cc2cccc(Cl)c2F)cc2c(=O)c(C(=O)O)cn(C(C(C)O)C(C)(C)C)c12. The summed E-state index contributed by atoms with van der Waals surface area (Å²) in [6, 6.07) is 7.39. The lowest BCUT2D eigenvalue weighted by molar-refractivity contribution is 0.0632. The van der Waals surface area contributed by atoms with Gasteiger partial charge in [-0.15, -0.1) is 0 Å². The van der Waals surface area contributed by atoms with Crippen LogP contribution in [-0.4, -0.2) is 33.5 Å². The molecule has 3 rings (SSSR count). The van der Waals surface area contributed by atoms with Gasteiger partial charge in [-0.05, 0) is 48.6 Å². The summed E-state index contributed by atoms with van der Waals surface area (Å²) in [5.41, 5.74) is -0.304. The first kappa shape index (κ1) is 25.7. The maximum atomic E-state index is 14.6. The molecule has 0 radical (unpaired) electrons. The van der Waals surface area contributed by atoms with E-state index in [1.54, 1.807) is 42.7 Å². The van der Waals surface area contributed by atoms with Gasteiger partial charge in [-0.2, -0.15) is 0 Å². The Hall–Kier alpha value is -2.90. The van der Waals surface area contributed by atoms with Gasteiger partial charge in [0.25, 0.3) is 0 Å². The summed E-state index contributed by atoms with van der Waals surface area (Å²) in [6.45, 7) is 9.46. The van der Waals surface area contributed by atoms with E-state index in [0.717, 1.165) is 0 Å². The molecule has 0 aliphatic rings. The first-order valence-corrected chi connectivity index (χ1v) is 11.4. The number of hydrogen-bond donors (Lipinski definition) is 2. The number of aliphatic hydroxyl groups excluding tert-OH is 1. The normalized spacial score (nSPS) is 13.6. The van der Waals surface area contributed by atoms with Crippen molar-refractivity contribution in [1.29, 1.82) is 0 Å². The Morgan fingerprint density at radius 1 is 1.26 bits per heavy atom. The maximum absolute atomic E-state index is 14.6. The summed E-state index contributed by atoms with van der Waals surface area (Å²) in [6.07, 6.45) is 0.536. The predicted octanol–water partition coefficient (Wildman–Crippen LogP) is 5.45. The minimum atomic E-state index is -1.37. The predicted molar refractivity (Wildman–Crippen MR) is 131 cm³/mol. The highest BCUT2D eigenvalue weighted by Gasteiger charge is 2.33. The van der Waals surface area contributed by atoms with E-state index in [1.165, 1.54) is 12.3 Å². The maximum Gasteiger partial charge on any atom is 0.341 e. The second-order valence-electron chi connectivity index (χ2n) is 9.45. The third kappa shape index (κ3) is 4.95. The Bertz CT molecular complexity index is 1290. The van der Waals surface area contributed by atoms with Crippen molar-refractivity contribution in [3.05, 3.63) is 74.3 Å². The van der Waals surface area contributed by atoms with Crippen LogP contribution in [0.1, 0.15) is 62.1 Å². The summed E-state index contributed by atoms with van der Waals surface area (Å²) < 4.78 is 22.1. The fraction of sp³-hybridized carbons (Fsp3) is 0.385. The number of carboxylic acids is 1. The molecule has 0 fully saturated rings. The highest BCUT2D eigenvalue weighted by atomic mass is 35.5. The second-order valence-corrected chi connectivity index (χ2v) is 9.86. The van der Waals surface area contributed by atoms with Crippen LogP contribution < -0.4 is 10.2 Å². The lowest BCUT2D eigenvalue weighted by Crippen LogP contribution is -2.35. The third-order valence-corrected chi connectivity index (χ3v) is 6.04. The van der Waals surface area contributed by atoms with Crippen LogP contribution in [0, 0.1) is 11.2 Å². The van der Waals surface area contributed by atoms with Gasteiger partial charge in [0.05, 0.1) is 34.7 Å². The highest BCUT2D eigenvalue weighted by molar-refractivity contribution is 6.30. The number of aliphatic hydroxyl groups is 1. The van der Waals surface area contributed by atoms with Gasteiger partial charge in [0.2, 0.25) is 5.43 Å². The van der Waals surface area contributed by atoms with Crippen LogP contribution in [-0.2, 0) is 6.42 Å². The van der Waals surface area contributed by atoms with Crippen molar-refractivity contribution in [3.63, 3.8) is 0 Å². The average molecular weight is 490 g/mol. The molecule has 34 heavy (non-hydrogen) atoms. The zero-order chi connectivity index (χ0) is 25.4.